The first-order valence-electron chi connectivity index (χ1n) is 8.60. The predicted molar refractivity (Wildman–Crippen MR) is 95.5 cm³/mol. The third-order valence-corrected chi connectivity index (χ3v) is 5.69. The number of sulfonamides is 1. The lowest BCUT2D eigenvalue weighted by Gasteiger charge is -2.17. The Morgan fingerprint density at radius 2 is 1.88 bits per heavy atom. The van der Waals surface area contributed by atoms with Gasteiger partial charge in [0, 0.05) is 6.04 Å². The van der Waals surface area contributed by atoms with E-state index in [-0.39, 0.29) is 23.2 Å². The largest absolute Gasteiger partial charge is 0.495 e. The van der Waals surface area contributed by atoms with Crippen LogP contribution in [0.25, 0.3) is 0 Å². The molecule has 1 aromatic carbocycles. The van der Waals surface area contributed by atoms with E-state index >= 15 is 0 Å². The molecule has 0 bridgehead atoms. The van der Waals surface area contributed by atoms with Crippen molar-refractivity contribution in [1.82, 2.24) is 4.72 Å². The molecule has 1 aliphatic rings. The number of benzene rings is 1. The number of ether oxygens (including phenoxy) is 2. The summed E-state index contributed by atoms with van der Waals surface area (Å²) in [6, 6.07) is 4.32. The van der Waals surface area contributed by atoms with Crippen molar-refractivity contribution >= 4 is 21.8 Å². The van der Waals surface area contributed by atoms with Crippen LogP contribution in [0.3, 0.4) is 0 Å². The Morgan fingerprint density at radius 1 is 1.20 bits per heavy atom. The molecule has 1 aliphatic carbocycles. The van der Waals surface area contributed by atoms with Crippen LogP contribution in [0.2, 0.25) is 0 Å². The molecule has 8 heteroatoms. The highest BCUT2D eigenvalue weighted by molar-refractivity contribution is 7.89. The van der Waals surface area contributed by atoms with Crippen molar-refractivity contribution in [3.63, 3.8) is 0 Å². The van der Waals surface area contributed by atoms with E-state index in [1.165, 1.54) is 25.3 Å². The SMILES string of the molecule is CCOC(=O)Nc1cc(S(=O)(=O)NC2CCCCCC2)ccc1OC. The summed E-state index contributed by atoms with van der Waals surface area (Å²) in [4.78, 5) is 11.7. The molecule has 1 saturated carbocycles. The minimum absolute atomic E-state index is 0.0453. The van der Waals surface area contributed by atoms with Gasteiger partial charge in [-0.2, -0.15) is 0 Å². The molecular weight excluding hydrogens is 344 g/mol. The monoisotopic (exact) mass is 370 g/mol. The number of hydrogen-bond acceptors (Lipinski definition) is 5. The summed E-state index contributed by atoms with van der Waals surface area (Å²) in [5.74, 6) is 0.362. The molecule has 0 aromatic heterocycles. The number of carbonyl (C=O) groups is 1. The van der Waals surface area contributed by atoms with Crippen molar-refractivity contribution in [1.29, 1.82) is 0 Å². The molecule has 0 unspecified atom stereocenters. The van der Waals surface area contributed by atoms with E-state index in [9.17, 15) is 13.2 Å². The molecule has 0 aliphatic heterocycles. The number of hydrogen-bond donors (Lipinski definition) is 2. The topological polar surface area (TPSA) is 93.7 Å². The van der Waals surface area contributed by atoms with Crippen LogP contribution in [0.5, 0.6) is 5.75 Å². The van der Waals surface area contributed by atoms with E-state index in [0.717, 1.165) is 38.5 Å². The number of amides is 1. The van der Waals surface area contributed by atoms with Crippen LogP contribution in [-0.4, -0.2) is 34.3 Å². The van der Waals surface area contributed by atoms with Gasteiger partial charge in [-0.1, -0.05) is 25.7 Å². The molecule has 0 radical (unpaired) electrons. The zero-order valence-electron chi connectivity index (χ0n) is 14.7. The summed E-state index contributed by atoms with van der Waals surface area (Å²) < 4.78 is 38.2. The molecule has 2 rings (SSSR count). The van der Waals surface area contributed by atoms with Gasteiger partial charge in [0.25, 0.3) is 0 Å². The van der Waals surface area contributed by atoms with Crippen molar-refractivity contribution in [2.75, 3.05) is 19.0 Å². The van der Waals surface area contributed by atoms with Gasteiger partial charge in [0.15, 0.2) is 0 Å². The third-order valence-electron chi connectivity index (χ3n) is 4.17. The highest BCUT2D eigenvalue weighted by Crippen LogP contribution is 2.28. The molecule has 0 saturated heterocycles. The van der Waals surface area contributed by atoms with Crippen molar-refractivity contribution in [3.05, 3.63) is 18.2 Å². The maximum atomic E-state index is 12.7. The average Bonchev–Trinajstić information content (AvgIpc) is 2.83. The Morgan fingerprint density at radius 3 is 2.48 bits per heavy atom. The number of anilines is 1. The lowest BCUT2D eigenvalue weighted by molar-refractivity contribution is 0.168. The number of methoxy groups -OCH3 is 1. The summed E-state index contributed by atoms with van der Waals surface area (Å²) in [7, 11) is -2.22. The number of carbonyl (C=O) groups excluding carboxylic acids is 1. The smallest absolute Gasteiger partial charge is 0.411 e. The van der Waals surface area contributed by atoms with Gasteiger partial charge in [0.05, 0.1) is 24.3 Å². The third kappa shape index (κ3) is 5.61. The molecule has 1 fully saturated rings. The van der Waals surface area contributed by atoms with Crippen LogP contribution < -0.4 is 14.8 Å². The number of nitrogens with one attached hydrogen (secondary N) is 2. The molecule has 25 heavy (non-hydrogen) atoms. The van der Waals surface area contributed by atoms with E-state index in [1.54, 1.807) is 6.92 Å². The molecule has 0 atom stereocenters. The van der Waals surface area contributed by atoms with Gasteiger partial charge in [-0.05, 0) is 38.0 Å². The molecule has 0 heterocycles. The second-order valence-corrected chi connectivity index (χ2v) is 7.73. The molecular formula is C17H26N2O5S. The first-order chi connectivity index (χ1) is 12.0. The minimum Gasteiger partial charge on any atom is -0.495 e. The van der Waals surface area contributed by atoms with E-state index in [0.29, 0.717) is 5.75 Å². The zero-order valence-corrected chi connectivity index (χ0v) is 15.5. The Kier molecular flexibility index (Phi) is 7.07. The lowest BCUT2D eigenvalue weighted by atomic mass is 10.1. The van der Waals surface area contributed by atoms with Gasteiger partial charge in [0.1, 0.15) is 5.75 Å². The average molecular weight is 370 g/mol. The van der Waals surface area contributed by atoms with E-state index in [4.69, 9.17) is 9.47 Å². The standard InChI is InChI=1S/C17H26N2O5S/c1-3-24-17(20)18-15-12-14(10-11-16(15)23-2)25(21,22)19-13-8-6-4-5-7-9-13/h10-13,19H,3-9H2,1-2H3,(H,18,20). The lowest BCUT2D eigenvalue weighted by Crippen LogP contribution is -2.34. The molecule has 7 nitrogen and oxygen atoms in total. The zero-order chi connectivity index (χ0) is 18.3. The summed E-state index contributed by atoms with van der Waals surface area (Å²) in [6.07, 6.45) is 5.40. The quantitative estimate of drug-likeness (QED) is 0.750. The first kappa shape index (κ1) is 19.5. The highest BCUT2D eigenvalue weighted by Gasteiger charge is 2.22. The van der Waals surface area contributed by atoms with Gasteiger partial charge in [-0.15, -0.1) is 0 Å². The second kappa shape index (κ2) is 9.05. The van der Waals surface area contributed by atoms with E-state index < -0.39 is 16.1 Å². The Bertz CT molecular complexity index is 682. The van der Waals surface area contributed by atoms with Crippen molar-refractivity contribution in [2.24, 2.45) is 0 Å². The minimum atomic E-state index is -3.67. The Hall–Kier alpha value is -1.80. The van der Waals surface area contributed by atoms with Crippen molar-refractivity contribution in [2.45, 2.75) is 56.4 Å². The summed E-state index contributed by atoms with van der Waals surface area (Å²) in [5, 5.41) is 2.51. The van der Waals surface area contributed by atoms with Crippen LogP contribution in [0.15, 0.2) is 23.1 Å². The fourth-order valence-corrected chi connectivity index (χ4v) is 4.24. The molecule has 140 valence electrons. The van der Waals surface area contributed by atoms with Gasteiger partial charge in [-0.25, -0.2) is 17.9 Å². The predicted octanol–water partition coefficient (Wildman–Crippen LogP) is 3.26. The maximum Gasteiger partial charge on any atom is 0.411 e. The van der Waals surface area contributed by atoms with E-state index in [2.05, 4.69) is 10.0 Å². The molecule has 2 N–H and O–H groups in total. The van der Waals surface area contributed by atoms with E-state index in [1.807, 2.05) is 0 Å². The van der Waals surface area contributed by atoms with Crippen molar-refractivity contribution < 1.29 is 22.7 Å². The Balaban J connectivity index is 2.20. The first-order valence-corrected chi connectivity index (χ1v) is 10.1. The molecule has 1 amide bonds. The summed E-state index contributed by atoms with van der Waals surface area (Å²) in [6.45, 7) is 1.91. The van der Waals surface area contributed by atoms with Crippen LogP contribution in [0.1, 0.15) is 45.4 Å². The second-order valence-electron chi connectivity index (χ2n) is 6.02. The van der Waals surface area contributed by atoms with Crippen molar-refractivity contribution in [3.8, 4) is 5.75 Å². The fraction of sp³-hybridized carbons (Fsp3) is 0.588. The van der Waals surface area contributed by atoms with Crippen LogP contribution in [0, 0.1) is 0 Å². The van der Waals surface area contributed by atoms with Crippen LogP contribution >= 0.6 is 0 Å². The van der Waals surface area contributed by atoms with Gasteiger partial charge >= 0.3 is 6.09 Å². The van der Waals surface area contributed by atoms with Crippen LogP contribution in [-0.2, 0) is 14.8 Å². The van der Waals surface area contributed by atoms with Gasteiger partial charge < -0.3 is 9.47 Å². The Labute approximate surface area is 149 Å². The highest BCUT2D eigenvalue weighted by atomic mass is 32.2. The summed E-state index contributed by atoms with van der Waals surface area (Å²) >= 11 is 0. The normalized spacial score (nSPS) is 16.1. The number of rotatable bonds is 6. The van der Waals surface area contributed by atoms with Gasteiger partial charge in [-0.3, -0.25) is 5.32 Å². The summed E-state index contributed by atoms with van der Waals surface area (Å²) in [5.41, 5.74) is 0.254. The molecule has 0 spiro atoms. The molecule has 1 aromatic rings. The van der Waals surface area contributed by atoms with Crippen LogP contribution in [0.4, 0.5) is 10.5 Å². The fourth-order valence-electron chi connectivity index (χ4n) is 2.91. The van der Waals surface area contributed by atoms with Gasteiger partial charge in [0.2, 0.25) is 10.0 Å². The maximum absolute atomic E-state index is 12.7.